The number of hydrogen-bond donors (Lipinski definition) is 2. The molecule has 0 radical (unpaired) electrons. The van der Waals surface area contributed by atoms with Crippen LogP contribution in [-0.2, 0) is 5.60 Å². The summed E-state index contributed by atoms with van der Waals surface area (Å²) in [5, 5.41) is 16.0. The number of aliphatic hydroxyl groups is 1. The molecule has 1 atom stereocenters. The molecule has 6 nitrogen and oxygen atoms in total. The first kappa shape index (κ1) is 17.7. The SMILES string of the molecule is Cc1nn(-c2cccc(C#CC(C)(O)c3ccccc3)c2)c2ncnc(N)c12. The highest BCUT2D eigenvalue weighted by molar-refractivity contribution is 5.88. The van der Waals surface area contributed by atoms with Gasteiger partial charge in [0.05, 0.1) is 16.8 Å². The second-order valence-electron chi connectivity index (χ2n) is 6.69. The molecule has 0 bridgehead atoms. The van der Waals surface area contributed by atoms with Crippen molar-refractivity contribution in [3.05, 3.63) is 77.7 Å². The second kappa shape index (κ2) is 6.80. The quantitative estimate of drug-likeness (QED) is 0.530. The summed E-state index contributed by atoms with van der Waals surface area (Å²) >= 11 is 0. The van der Waals surface area contributed by atoms with Crippen LogP contribution in [0.5, 0.6) is 0 Å². The number of hydrogen-bond acceptors (Lipinski definition) is 5. The van der Waals surface area contributed by atoms with Crippen LogP contribution >= 0.6 is 0 Å². The van der Waals surface area contributed by atoms with E-state index >= 15 is 0 Å². The van der Waals surface area contributed by atoms with Crippen molar-refractivity contribution >= 4 is 16.9 Å². The first-order valence-electron chi connectivity index (χ1n) is 8.83. The van der Waals surface area contributed by atoms with Crippen molar-refractivity contribution in [2.45, 2.75) is 19.4 Å². The lowest BCUT2D eigenvalue weighted by molar-refractivity contribution is 0.122. The number of rotatable bonds is 2. The van der Waals surface area contributed by atoms with E-state index in [4.69, 9.17) is 5.73 Å². The molecule has 0 saturated heterocycles. The van der Waals surface area contributed by atoms with Crippen molar-refractivity contribution in [2.75, 3.05) is 5.73 Å². The zero-order valence-corrected chi connectivity index (χ0v) is 15.6. The number of aromatic nitrogens is 4. The molecule has 0 aliphatic carbocycles. The molecule has 3 N–H and O–H groups in total. The van der Waals surface area contributed by atoms with Crippen LogP contribution in [0.15, 0.2) is 60.9 Å². The van der Waals surface area contributed by atoms with Crippen LogP contribution < -0.4 is 5.73 Å². The third kappa shape index (κ3) is 3.20. The van der Waals surface area contributed by atoms with Gasteiger partial charge >= 0.3 is 0 Å². The summed E-state index contributed by atoms with van der Waals surface area (Å²) in [6.45, 7) is 3.56. The van der Waals surface area contributed by atoms with Crippen LogP contribution in [0.3, 0.4) is 0 Å². The molecule has 6 heteroatoms. The molecule has 0 amide bonds. The maximum absolute atomic E-state index is 10.7. The maximum atomic E-state index is 10.7. The molecule has 0 saturated carbocycles. The van der Waals surface area contributed by atoms with E-state index < -0.39 is 5.60 Å². The average Bonchev–Trinajstić information content (AvgIpc) is 3.05. The summed E-state index contributed by atoms with van der Waals surface area (Å²) in [6.07, 6.45) is 1.43. The number of nitrogens with two attached hydrogens (primary N) is 1. The van der Waals surface area contributed by atoms with Gasteiger partial charge < -0.3 is 10.8 Å². The standard InChI is InChI=1S/C22H19N5O/c1-15-19-20(23)24-14-25-21(19)27(26-15)18-10-6-7-16(13-18)11-12-22(2,28)17-8-4-3-5-9-17/h3-10,13-14,28H,1-2H3,(H2,23,24,25). The van der Waals surface area contributed by atoms with Crippen molar-refractivity contribution in [3.8, 4) is 17.5 Å². The summed E-state index contributed by atoms with van der Waals surface area (Å²) in [4.78, 5) is 8.37. The van der Waals surface area contributed by atoms with Gasteiger partial charge in [-0.25, -0.2) is 14.6 Å². The molecule has 1 unspecified atom stereocenters. The normalized spacial score (nSPS) is 13.0. The number of anilines is 1. The van der Waals surface area contributed by atoms with E-state index in [9.17, 15) is 5.11 Å². The second-order valence-corrected chi connectivity index (χ2v) is 6.69. The highest BCUT2D eigenvalue weighted by atomic mass is 16.3. The minimum atomic E-state index is -1.24. The molecule has 0 aliphatic rings. The predicted octanol–water partition coefficient (Wildman–Crippen LogP) is 2.97. The van der Waals surface area contributed by atoms with Crippen molar-refractivity contribution in [3.63, 3.8) is 0 Å². The molecule has 2 aromatic carbocycles. The van der Waals surface area contributed by atoms with E-state index in [-0.39, 0.29) is 0 Å². The van der Waals surface area contributed by atoms with Crippen LogP contribution in [0, 0.1) is 18.8 Å². The summed E-state index contributed by atoms with van der Waals surface area (Å²) in [6, 6.07) is 17.0. The zero-order chi connectivity index (χ0) is 19.7. The topological polar surface area (TPSA) is 89.8 Å². The van der Waals surface area contributed by atoms with E-state index in [1.807, 2.05) is 61.5 Å². The van der Waals surface area contributed by atoms with Crippen molar-refractivity contribution in [1.29, 1.82) is 0 Å². The van der Waals surface area contributed by atoms with Crippen LogP contribution in [0.1, 0.15) is 23.7 Å². The van der Waals surface area contributed by atoms with Crippen LogP contribution in [0.25, 0.3) is 16.7 Å². The van der Waals surface area contributed by atoms with Crippen molar-refractivity contribution < 1.29 is 5.11 Å². The van der Waals surface area contributed by atoms with Gasteiger partial charge in [-0.15, -0.1) is 0 Å². The Hall–Kier alpha value is -3.69. The van der Waals surface area contributed by atoms with E-state index in [0.717, 1.165) is 27.9 Å². The minimum absolute atomic E-state index is 0.406. The maximum Gasteiger partial charge on any atom is 0.168 e. The Morgan fingerprint density at radius 1 is 1.07 bits per heavy atom. The lowest BCUT2D eigenvalue weighted by atomic mass is 9.96. The Morgan fingerprint density at radius 2 is 1.86 bits per heavy atom. The molecule has 4 aromatic rings. The molecule has 0 fully saturated rings. The number of nitrogen functional groups attached to an aromatic ring is 1. The highest BCUT2D eigenvalue weighted by Crippen LogP contribution is 2.24. The Bertz CT molecular complexity index is 1220. The third-order valence-electron chi connectivity index (χ3n) is 4.55. The van der Waals surface area contributed by atoms with Gasteiger partial charge in [-0.3, -0.25) is 0 Å². The molecule has 2 heterocycles. The molecular weight excluding hydrogens is 350 g/mol. The van der Waals surface area contributed by atoms with Gasteiger partial charge in [0.25, 0.3) is 0 Å². The number of nitrogens with zero attached hydrogens (tertiary/aromatic N) is 4. The molecule has 0 aliphatic heterocycles. The molecular formula is C22H19N5O. The van der Waals surface area contributed by atoms with Crippen LogP contribution in [0.2, 0.25) is 0 Å². The van der Waals surface area contributed by atoms with Gasteiger partial charge in [0.2, 0.25) is 0 Å². The van der Waals surface area contributed by atoms with E-state index in [1.54, 1.807) is 11.6 Å². The van der Waals surface area contributed by atoms with Crippen molar-refractivity contribution in [1.82, 2.24) is 19.7 Å². The lowest BCUT2D eigenvalue weighted by Gasteiger charge is -2.16. The van der Waals surface area contributed by atoms with E-state index in [1.165, 1.54) is 6.33 Å². The highest BCUT2D eigenvalue weighted by Gasteiger charge is 2.19. The minimum Gasteiger partial charge on any atom is -0.383 e. The molecule has 2 aromatic heterocycles. The Labute approximate surface area is 162 Å². The largest absolute Gasteiger partial charge is 0.383 e. The number of aryl methyl sites for hydroxylation is 1. The molecule has 28 heavy (non-hydrogen) atoms. The zero-order valence-electron chi connectivity index (χ0n) is 15.6. The van der Waals surface area contributed by atoms with Crippen molar-refractivity contribution in [2.24, 2.45) is 0 Å². The number of benzene rings is 2. The Balaban J connectivity index is 1.74. The molecule has 4 rings (SSSR count). The van der Waals surface area contributed by atoms with Crippen LogP contribution in [-0.4, -0.2) is 24.9 Å². The monoisotopic (exact) mass is 369 g/mol. The van der Waals surface area contributed by atoms with Crippen LogP contribution in [0.4, 0.5) is 5.82 Å². The van der Waals surface area contributed by atoms with Gasteiger partial charge in [0.1, 0.15) is 17.7 Å². The average molecular weight is 369 g/mol. The first-order valence-corrected chi connectivity index (χ1v) is 8.83. The smallest absolute Gasteiger partial charge is 0.168 e. The summed E-state index contributed by atoms with van der Waals surface area (Å²) in [5.41, 5.74) is 8.46. The lowest BCUT2D eigenvalue weighted by Crippen LogP contribution is -2.18. The Morgan fingerprint density at radius 3 is 2.64 bits per heavy atom. The number of fused-ring (bicyclic) bond motifs is 1. The molecule has 0 spiro atoms. The van der Waals surface area contributed by atoms with Gasteiger partial charge in [-0.2, -0.15) is 5.10 Å². The fourth-order valence-electron chi connectivity index (χ4n) is 3.07. The van der Waals surface area contributed by atoms with Gasteiger partial charge in [-0.1, -0.05) is 48.2 Å². The first-order chi connectivity index (χ1) is 13.5. The predicted molar refractivity (Wildman–Crippen MR) is 109 cm³/mol. The summed E-state index contributed by atoms with van der Waals surface area (Å²) in [7, 11) is 0. The summed E-state index contributed by atoms with van der Waals surface area (Å²) in [5.74, 6) is 6.42. The molecule has 138 valence electrons. The van der Waals surface area contributed by atoms with Gasteiger partial charge in [-0.05, 0) is 37.6 Å². The van der Waals surface area contributed by atoms with Gasteiger partial charge in [0, 0.05) is 5.56 Å². The Kier molecular flexibility index (Phi) is 4.30. The fraction of sp³-hybridized carbons (Fsp3) is 0.136. The third-order valence-corrected chi connectivity index (χ3v) is 4.55. The van der Waals surface area contributed by atoms with E-state index in [0.29, 0.717) is 11.5 Å². The fourth-order valence-corrected chi connectivity index (χ4v) is 3.07. The van der Waals surface area contributed by atoms with E-state index in [2.05, 4.69) is 26.9 Å². The summed E-state index contributed by atoms with van der Waals surface area (Å²) < 4.78 is 1.73. The van der Waals surface area contributed by atoms with Gasteiger partial charge in [0.15, 0.2) is 5.65 Å².